The molecule has 1 atom stereocenters. The second-order valence-electron chi connectivity index (χ2n) is 5.38. The molecular formula is C16H19BrS. The maximum atomic E-state index is 3.90. The first kappa shape index (κ1) is 12.7. The Labute approximate surface area is 122 Å². The standard InChI is InChI=1S/C16H19BrS/c17-15(10-9-12-5-1-2-6-12)14-11-18-16-8-4-3-7-13(14)16/h3-4,7-8,11-12,15H,1-2,5-6,9-10H2. The first-order chi connectivity index (χ1) is 8.84. The number of halogens is 1. The minimum atomic E-state index is 0.536. The molecule has 1 aliphatic rings. The zero-order valence-electron chi connectivity index (χ0n) is 10.6. The Morgan fingerprint density at radius 2 is 2.00 bits per heavy atom. The third kappa shape index (κ3) is 2.65. The van der Waals surface area contributed by atoms with Crippen LogP contribution in [0.4, 0.5) is 0 Å². The molecule has 1 unspecified atom stereocenters. The fraction of sp³-hybridized carbons (Fsp3) is 0.500. The van der Waals surface area contributed by atoms with Crippen LogP contribution in [0.1, 0.15) is 48.9 Å². The highest BCUT2D eigenvalue weighted by atomic mass is 79.9. The molecule has 0 aliphatic heterocycles. The normalized spacial score (nSPS) is 18.5. The van der Waals surface area contributed by atoms with Crippen LogP contribution in [0, 0.1) is 5.92 Å². The number of benzene rings is 1. The number of rotatable bonds is 4. The summed E-state index contributed by atoms with van der Waals surface area (Å²) in [6, 6.07) is 8.75. The average Bonchev–Trinajstić information content (AvgIpc) is 3.05. The zero-order chi connectivity index (χ0) is 12.4. The molecule has 0 nitrogen and oxygen atoms in total. The minimum absolute atomic E-state index is 0.536. The van der Waals surface area contributed by atoms with E-state index in [4.69, 9.17) is 0 Å². The summed E-state index contributed by atoms with van der Waals surface area (Å²) >= 11 is 5.77. The lowest BCUT2D eigenvalue weighted by molar-refractivity contribution is 0.483. The molecule has 1 aromatic heterocycles. The van der Waals surface area contributed by atoms with Gasteiger partial charge < -0.3 is 0 Å². The van der Waals surface area contributed by atoms with Crippen molar-refractivity contribution in [3.63, 3.8) is 0 Å². The quantitative estimate of drug-likeness (QED) is 0.579. The van der Waals surface area contributed by atoms with Crippen molar-refractivity contribution in [2.75, 3.05) is 0 Å². The van der Waals surface area contributed by atoms with Crippen LogP contribution in [0.15, 0.2) is 29.6 Å². The maximum absolute atomic E-state index is 3.90. The fourth-order valence-electron chi connectivity index (χ4n) is 3.08. The van der Waals surface area contributed by atoms with Crippen molar-refractivity contribution in [1.29, 1.82) is 0 Å². The van der Waals surface area contributed by atoms with Gasteiger partial charge in [0.25, 0.3) is 0 Å². The monoisotopic (exact) mass is 322 g/mol. The van der Waals surface area contributed by atoms with Gasteiger partial charge in [0.05, 0.1) is 0 Å². The number of fused-ring (bicyclic) bond motifs is 1. The minimum Gasteiger partial charge on any atom is -0.143 e. The van der Waals surface area contributed by atoms with E-state index in [-0.39, 0.29) is 0 Å². The fourth-order valence-corrected chi connectivity index (χ4v) is 4.91. The predicted molar refractivity (Wildman–Crippen MR) is 84.7 cm³/mol. The highest BCUT2D eigenvalue weighted by molar-refractivity contribution is 9.09. The van der Waals surface area contributed by atoms with Crippen LogP contribution >= 0.6 is 27.3 Å². The topological polar surface area (TPSA) is 0 Å². The van der Waals surface area contributed by atoms with E-state index in [1.165, 1.54) is 54.2 Å². The lowest BCUT2D eigenvalue weighted by atomic mass is 9.98. The summed E-state index contributed by atoms with van der Waals surface area (Å²) < 4.78 is 1.41. The summed E-state index contributed by atoms with van der Waals surface area (Å²) in [5.41, 5.74) is 1.49. The van der Waals surface area contributed by atoms with E-state index in [9.17, 15) is 0 Å². The number of alkyl halides is 1. The van der Waals surface area contributed by atoms with Crippen molar-refractivity contribution in [3.8, 4) is 0 Å². The third-order valence-electron chi connectivity index (χ3n) is 4.15. The van der Waals surface area contributed by atoms with Gasteiger partial charge in [-0.25, -0.2) is 0 Å². The highest BCUT2D eigenvalue weighted by Crippen LogP contribution is 2.39. The van der Waals surface area contributed by atoms with Gasteiger partial charge in [-0.2, -0.15) is 0 Å². The van der Waals surface area contributed by atoms with Gasteiger partial charge in [0.15, 0.2) is 0 Å². The third-order valence-corrected chi connectivity index (χ3v) is 6.08. The Balaban J connectivity index is 1.69. The Hall–Kier alpha value is -0.340. The molecule has 2 heteroatoms. The maximum Gasteiger partial charge on any atom is 0.0409 e. The molecule has 0 saturated heterocycles. The lowest BCUT2D eigenvalue weighted by Gasteiger charge is -2.13. The van der Waals surface area contributed by atoms with E-state index < -0.39 is 0 Å². The van der Waals surface area contributed by atoms with Crippen LogP contribution in [0.25, 0.3) is 10.1 Å². The number of thiophene rings is 1. The molecule has 96 valence electrons. The van der Waals surface area contributed by atoms with Gasteiger partial charge in [0.2, 0.25) is 0 Å². The van der Waals surface area contributed by atoms with Crippen LogP contribution in [0.2, 0.25) is 0 Å². The van der Waals surface area contributed by atoms with E-state index in [2.05, 4.69) is 45.6 Å². The molecule has 3 rings (SSSR count). The molecular weight excluding hydrogens is 304 g/mol. The van der Waals surface area contributed by atoms with Crippen molar-refractivity contribution in [2.24, 2.45) is 5.92 Å². The molecule has 1 aliphatic carbocycles. The van der Waals surface area contributed by atoms with E-state index in [0.29, 0.717) is 4.83 Å². The smallest absolute Gasteiger partial charge is 0.0409 e. The summed E-state index contributed by atoms with van der Waals surface area (Å²) in [4.78, 5) is 0.536. The summed E-state index contributed by atoms with van der Waals surface area (Å²) in [5, 5.41) is 3.77. The number of hydrogen-bond donors (Lipinski definition) is 0. The summed E-state index contributed by atoms with van der Waals surface area (Å²) in [7, 11) is 0. The van der Waals surface area contributed by atoms with Gasteiger partial charge in [0.1, 0.15) is 0 Å². The lowest BCUT2D eigenvalue weighted by Crippen LogP contribution is -1.96. The van der Waals surface area contributed by atoms with Gasteiger partial charge in [0, 0.05) is 9.53 Å². The second-order valence-corrected chi connectivity index (χ2v) is 7.40. The van der Waals surface area contributed by atoms with Crippen LogP contribution in [-0.2, 0) is 0 Å². The molecule has 0 bridgehead atoms. The van der Waals surface area contributed by atoms with Crippen molar-refractivity contribution >= 4 is 37.4 Å². The predicted octanol–water partition coefficient (Wildman–Crippen LogP) is 6.31. The SMILES string of the molecule is BrC(CCC1CCCC1)c1csc2ccccc12. The molecule has 2 aromatic rings. The summed E-state index contributed by atoms with van der Waals surface area (Å²) in [6.45, 7) is 0. The Bertz CT molecular complexity index is 511. The molecule has 0 radical (unpaired) electrons. The second kappa shape index (κ2) is 5.75. The molecule has 1 aromatic carbocycles. The number of hydrogen-bond acceptors (Lipinski definition) is 1. The van der Waals surface area contributed by atoms with Gasteiger partial charge in [-0.05, 0) is 41.2 Å². The largest absolute Gasteiger partial charge is 0.143 e. The molecule has 0 amide bonds. The average molecular weight is 323 g/mol. The van der Waals surface area contributed by atoms with E-state index >= 15 is 0 Å². The Kier molecular flexibility index (Phi) is 4.05. The first-order valence-corrected chi connectivity index (χ1v) is 8.74. The first-order valence-electron chi connectivity index (χ1n) is 6.95. The van der Waals surface area contributed by atoms with Crippen LogP contribution < -0.4 is 0 Å². The van der Waals surface area contributed by atoms with Crippen LogP contribution in [-0.4, -0.2) is 0 Å². The summed E-state index contributed by atoms with van der Waals surface area (Å²) in [5.74, 6) is 0.995. The van der Waals surface area contributed by atoms with Gasteiger partial charge in [-0.15, -0.1) is 11.3 Å². The van der Waals surface area contributed by atoms with Gasteiger partial charge in [-0.1, -0.05) is 59.8 Å². The highest BCUT2D eigenvalue weighted by Gasteiger charge is 2.18. The van der Waals surface area contributed by atoms with Crippen molar-refractivity contribution in [1.82, 2.24) is 0 Å². The van der Waals surface area contributed by atoms with Crippen molar-refractivity contribution < 1.29 is 0 Å². The summed E-state index contributed by atoms with van der Waals surface area (Å²) in [6.07, 6.45) is 8.51. The Morgan fingerprint density at radius 1 is 1.22 bits per heavy atom. The van der Waals surface area contributed by atoms with E-state index in [1.807, 2.05) is 11.3 Å². The van der Waals surface area contributed by atoms with E-state index in [1.54, 1.807) is 0 Å². The van der Waals surface area contributed by atoms with Gasteiger partial charge >= 0.3 is 0 Å². The zero-order valence-corrected chi connectivity index (χ0v) is 13.0. The Morgan fingerprint density at radius 3 is 2.83 bits per heavy atom. The van der Waals surface area contributed by atoms with E-state index in [0.717, 1.165) is 5.92 Å². The van der Waals surface area contributed by atoms with Gasteiger partial charge in [-0.3, -0.25) is 0 Å². The molecule has 0 N–H and O–H groups in total. The molecule has 1 fully saturated rings. The van der Waals surface area contributed by atoms with Crippen LogP contribution in [0.3, 0.4) is 0 Å². The molecule has 0 spiro atoms. The molecule has 18 heavy (non-hydrogen) atoms. The molecule has 1 heterocycles. The van der Waals surface area contributed by atoms with Crippen molar-refractivity contribution in [2.45, 2.75) is 43.4 Å². The van der Waals surface area contributed by atoms with Crippen LogP contribution in [0.5, 0.6) is 0 Å². The van der Waals surface area contributed by atoms with Crippen molar-refractivity contribution in [3.05, 3.63) is 35.2 Å². The molecule has 1 saturated carbocycles.